The Morgan fingerprint density at radius 1 is 1.17 bits per heavy atom. The molecule has 0 fully saturated rings. The summed E-state index contributed by atoms with van der Waals surface area (Å²) in [6.45, 7) is 0.235. The number of halogens is 1. The molecule has 0 N–H and O–H groups in total. The SMILES string of the molecule is CN(C(=O)OCc1ccccc1)c1nccc2ccc(Br)cc12. The zero-order chi connectivity index (χ0) is 16.2. The molecule has 0 aliphatic rings. The molecule has 1 heterocycles. The first-order chi connectivity index (χ1) is 11.1. The quantitative estimate of drug-likeness (QED) is 0.666. The lowest BCUT2D eigenvalue weighted by atomic mass is 10.1. The van der Waals surface area contributed by atoms with E-state index in [9.17, 15) is 4.79 Å². The summed E-state index contributed by atoms with van der Waals surface area (Å²) in [4.78, 5) is 18.1. The molecule has 23 heavy (non-hydrogen) atoms. The Balaban J connectivity index is 1.81. The third-order valence-corrected chi connectivity index (χ3v) is 4.00. The second-order valence-electron chi connectivity index (χ2n) is 5.10. The summed E-state index contributed by atoms with van der Waals surface area (Å²) in [5, 5.41) is 1.90. The van der Waals surface area contributed by atoms with Crippen molar-refractivity contribution in [2.45, 2.75) is 6.61 Å². The predicted molar refractivity (Wildman–Crippen MR) is 94.5 cm³/mol. The molecule has 0 aliphatic carbocycles. The monoisotopic (exact) mass is 370 g/mol. The van der Waals surface area contributed by atoms with Crippen LogP contribution in [0.1, 0.15) is 5.56 Å². The van der Waals surface area contributed by atoms with Crippen molar-refractivity contribution in [1.82, 2.24) is 4.98 Å². The van der Waals surface area contributed by atoms with E-state index in [2.05, 4.69) is 20.9 Å². The molecule has 1 amide bonds. The van der Waals surface area contributed by atoms with E-state index in [0.717, 1.165) is 20.8 Å². The summed E-state index contributed by atoms with van der Waals surface area (Å²) in [6.07, 6.45) is 1.25. The van der Waals surface area contributed by atoms with Crippen LogP contribution in [0.5, 0.6) is 0 Å². The summed E-state index contributed by atoms with van der Waals surface area (Å²) in [5.74, 6) is 0.571. The molecule has 5 heteroatoms. The van der Waals surface area contributed by atoms with Crippen molar-refractivity contribution in [3.8, 4) is 0 Å². The van der Waals surface area contributed by atoms with E-state index in [1.807, 2.05) is 54.6 Å². The molecule has 4 nitrogen and oxygen atoms in total. The molecule has 0 bridgehead atoms. The van der Waals surface area contributed by atoms with Crippen molar-refractivity contribution in [1.29, 1.82) is 0 Å². The van der Waals surface area contributed by atoms with Crippen LogP contribution in [0, 0.1) is 0 Å². The Morgan fingerprint density at radius 2 is 1.96 bits per heavy atom. The number of carbonyl (C=O) groups excluding carboxylic acids is 1. The van der Waals surface area contributed by atoms with Gasteiger partial charge in [-0.15, -0.1) is 0 Å². The molecule has 0 atom stereocenters. The Hall–Kier alpha value is -2.40. The Morgan fingerprint density at radius 3 is 2.74 bits per heavy atom. The van der Waals surface area contributed by atoms with Gasteiger partial charge in [0.15, 0.2) is 0 Å². The highest BCUT2D eigenvalue weighted by Crippen LogP contribution is 2.27. The minimum absolute atomic E-state index is 0.235. The molecule has 3 aromatic rings. The summed E-state index contributed by atoms with van der Waals surface area (Å²) < 4.78 is 6.29. The largest absolute Gasteiger partial charge is 0.444 e. The van der Waals surface area contributed by atoms with E-state index in [0.29, 0.717) is 5.82 Å². The number of ether oxygens (including phenoxy) is 1. The van der Waals surface area contributed by atoms with Gasteiger partial charge in [-0.05, 0) is 29.1 Å². The topological polar surface area (TPSA) is 42.4 Å². The first-order valence-corrected chi connectivity index (χ1v) is 7.93. The molecule has 0 radical (unpaired) electrons. The summed E-state index contributed by atoms with van der Waals surface area (Å²) >= 11 is 3.45. The van der Waals surface area contributed by atoms with Gasteiger partial charge in [-0.2, -0.15) is 0 Å². The van der Waals surface area contributed by atoms with Crippen LogP contribution in [0.2, 0.25) is 0 Å². The normalized spacial score (nSPS) is 10.5. The van der Waals surface area contributed by atoms with E-state index < -0.39 is 6.09 Å². The second-order valence-corrected chi connectivity index (χ2v) is 6.01. The van der Waals surface area contributed by atoms with Gasteiger partial charge in [0, 0.05) is 23.1 Å². The van der Waals surface area contributed by atoms with Gasteiger partial charge in [0.2, 0.25) is 0 Å². The first-order valence-electron chi connectivity index (χ1n) is 7.14. The van der Waals surface area contributed by atoms with Gasteiger partial charge in [0.1, 0.15) is 12.4 Å². The molecule has 1 aromatic heterocycles. The molecule has 0 saturated carbocycles. The molecular formula is C18H15BrN2O2. The van der Waals surface area contributed by atoms with Crippen LogP contribution in [-0.2, 0) is 11.3 Å². The number of aromatic nitrogens is 1. The number of pyridine rings is 1. The Labute approximate surface area is 142 Å². The number of fused-ring (bicyclic) bond motifs is 1. The maximum absolute atomic E-state index is 12.3. The van der Waals surface area contributed by atoms with Crippen molar-refractivity contribution in [2.75, 3.05) is 11.9 Å². The number of hydrogen-bond acceptors (Lipinski definition) is 3. The first kappa shape index (κ1) is 15.5. The summed E-state index contributed by atoms with van der Waals surface area (Å²) in [5.41, 5.74) is 0.947. The fourth-order valence-electron chi connectivity index (χ4n) is 2.30. The molecule has 3 rings (SSSR count). The average Bonchev–Trinajstić information content (AvgIpc) is 2.59. The van der Waals surface area contributed by atoms with Crippen LogP contribution >= 0.6 is 15.9 Å². The minimum Gasteiger partial charge on any atom is -0.444 e. The number of hydrogen-bond donors (Lipinski definition) is 0. The molecule has 116 valence electrons. The van der Waals surface area contributed by atoms with E-state index in [4.69, 9.17) is 4.74 Å². The maximum atomic E-state index is 12.3. The van der Waals surface area contributed by atoms with E-state index in [1.165, 1.54) is 4.90 Å². The van der Waals surface area contributed by atoms with Crippen LogP contribution in [0.4, 0.5) is 10.6 Å². The Bertz CT molecular complexity index is 837. The number of benzene rings is 2. The van der Waals surface area contributed by atoms with Gasteiger partial charge in [-0.1, -0.05) is 52.3 Å². The lowest BCUT2D eigenvalue weighted by Crippen LogP contribution is -2.28. The Kier molecular flexibility index (Phi) is 4.57. The second kappa shape index (κ2) is 6.79. The third kappa shape index (κ3) is 3.51. The molecule has 0 spiro atoms. The van der Waals surface area contributed by atoms with E-state index >= 15 is 0 Å². The minimum atomic E-state index is -0.436. The molecule has 0 unspecified atom stereocenters. The van der Waals surface area contributed by atoms with Gasteiger partial charge >= 0.3 is 6.09 Å². The van der Waals surface area contributed by atoms with Crippen molar-refractivity contribution < 1.29 is 9.53 Å². The maximum Gasteiger partial charge on any atom is 0.415 e. The lowest BCUT2D eigenvalue weighted by Gasteiger charge is -2.18. The fourth-order valence-corrected chi connectivity index (χ4v) is 2.66. The van der Waals surface area contributed by atoms with Gasteiger partial charge in [0.05, 0.1) is 0 Å². The number of carbonyl (C=O) groups is 1. The van der Waals surface area contributed by atoms with Crippen molar-refractivity contribution >= 4 is 38.6 Å². The molecule has 0 saturated heterocycles. The van der Waals surface area contributed by atoms with Crippen LogP contribution in [0.3, 0.4) is 0 Å². The van der Waals surface area contributed by atoms with Gasteiger partial charge < -0.3 is 4.74 Å². The zero-order valence-corrected chi connectivity index (χ0v) is 14.2. The fraction of sp³-hybridized carbons (Fsp3) is 0.111. The zero-order valence-electron chi connectivity index (χ0n) is 12.6. The average molecular weight is 371 g/mol. The smallest absolute Gasteiger partial charge is 0.415 e. The number of anilines is 1. The molecular weight excluding hydrogens is 356 g/mol. The number of rotatable bonds is 3. The highest BCUT2D eigenvalue weighted by molar-refractivity contribution is 9.10. The summed E-state index contributed by atoms with van der Waals surface area (Å²) in [6, 6.07) is 17.4. The predicted octanol–water partition coefficient (Wildman–Crippen LogP) is 4.77. The van der Waals surface area contributed by atoms with Gasteiger partial charge in [-0.25, -0.2) is 9.78 Å². The summed E-state index contributed by atoms with van der Waals surface area (Å²) in [7, 11) is 1.66. The molecule has 2 aromatic carbocycles. The molecule has 0 aliphatic heterocycles. The van der Waals surface area contributed by atoms with Crippen molar-refractivity contribution in [3.05, 3.63) is 70.8 Å². The van der Waals surface area contributed by atoms with Crippen LogP contribution in [0.15, 0.2) is 65.3 Å². The van der Waals surface area contributed by atoms with Gasteiger partial charge in [-0.3, -0.25) is 4.90 Å². The van der Waals surface area contributed by atoms with Crippen molar-refractivity contribution in [2.24, 2.45) is 0 Å². The van der Waals surface area contributed by atoms with Gasteiger partial charge in [0.25, 0.3) is 0 Å². The van der Waals surface area contributed by atoms with Crippen LogP contribution in [0.25, 0.3) is 10.8 Å². The van der Waals surface area contributed by atoms with Crippen LogP contribution in [-0.4, -0.2) is 18.1 Å². The highest BCUT2D eigenvalue weighted by atomic mass is 79.9. The van der Waals surface area contributed by atoms with E-state index in [1.54, 1.807) is 13.2 Å². The third-order valence-electron chi connectivity index (χ3n) is 3.50. The standard InChI is InChI=1S/C18H15BrN2O2/c1-21(18(22)23-12-13-5-3-2-4-6-13)17-16-11-15(19)8-7-14(16)9-10-20-17/h2-11H,12H2,1H3. The van der Waals surface area contributed by atoms with Crippen molar-refractivity contribution in [3.63, 3.8) is 0 Å². The highest BCUT2D eigenvalue weighted by Gasteiger charge is 2.16. The lowest BCUT2D eigenvalue weighted by molar-refractivity contribution is 0.148. The van der Waals surface area contributed by atoms with Crippen LogP contribution < -0.4 is 4.90 Å². The number of amides is 1. The number of nitrogens with zero attached hydrogens (tertiary/aromatic N) is 2. The van der Waals surface area contributed by atoms with E-state index in [-0.39, 0.29) is 6.61 Å².